The maximum Gasteiger partial charge on any atom is 0.315 e. The van der Waals surface area contributed by atoms with Crippen LogP contribution in [0, 0.1) is 5.92 Å². The summed E-state index contributed by atoms with van der Waals surface area (Å²) in [4.78, 5) is 123. The number of aliphatic carboxylic acids is 1. The van der Waals surface area contributed by atoms with Crippen LogP contribution in [0.4, 0.5) is 4.79 Å². The number of benzene rings is 1. The third-order valence-corrected chi connectivity index (χ3v) is 12.3. The van der Waals surface area contributed by atoms with Crippen molar-refractivity contribution in [3.05, 3.63) is 35.9 Å². The van der Waals surface area contributed by atoms with Gasteiger partial charge < -0.3 is 58.5 Å². The molecule has 1 unspecified atom stereocenters. The molecule has 65 heavy (non-hydrogen) atoms. The summed E-state index contributed by atoms with van der Waals surface area (Å²) in [6.07, 6.45) is 3.59. The predicted octanol–water partition coefficient (Wildman–Crippen LogP) is -2.44. The van der Waals surface area contributed by atoms with E-state index in [4.69, 9.17) is 10.9 Å². The lowest BCUT2D eigenvalue weighted by atomic mass is 9.95. The van der Waals surface area contributed by atoms with Crippen molar-refractivity contribution in [3.63, 3.8) is 0 Å². The lowest BCUT2D eigenvalue weighted by Crippen LogP contribution is -2.56. The zero-order valence-corrected chi connectivity index (χ0v) is 36.9. The molecule has 0 spiro atoms. The normalized spacial score (nSPS) is 17.9. The van der Waals surface area contributed by atoms with Crippen LogP contribution in [0.2, 0.25) is 0 Å². The molecule has 2 heterocycles. The largest absolute Gasteiger partial charge is 0.481 e. The number of hydroxylamine groups is 1. The van der Waals surface area contributed by atoms with Gasteiger partial charge >= 0.3 is 12.0 Å². The number of hydrogen-bond donors (Lipinski definition) is 13. The molecule has 360 valence electrons. The Bertz CT molecular complexity index is 1810. The number of aryl methyl sites for hydroxylation is 1. The van der Waals surface area contributed by atoms with E-state index in [0.717, 1.165) is 24.2 Å². The zero-order chi connectivity index (χ0) is 47.7. The lowest BCUT2D eigenvalue weighted by Gasteiger charge is -2.23. The Hall–Kier alpha value is -6.01. The summed E-state index contributed by atoms with van der Waals surface area (Å²) in [6, 6.07) is 5.18. The summed E-state index contributed by atoms with van der Waals surface area (Å²) in [5, 5.41) is 48.7. The molecule has 1 aromatic rings. The Morgan fingerprint density at radius 3 is 2.14 bits per heavy atom. The molecular formula is C41H62N10O13S. The Kier molecular flexibility index (Phi) is 23.6. The van der Waals surface area contributed by atoms with Gasteiger partial charge in [-0.25, -0.2) is 10.3 Å². The van der Waals surface area contributed by atoms with E-state index in [2.05, 4.69) is 42.5 Å². The minimum atomic E-state index is -1.64. The van der Waals surface area contributed by atoms with Crippen molar-refractivity contribution in [2.45, 2.75) is 119 Å². The molecule has 0 aliphatic carbocycles. The SMILES string of the molecule is NC(=O)[C@H](CCCCNC(=O)CCCC[C@@H]1SC[C@@H]2NC(=O)N[C@@H]21)NC(=O)CNC(=O)CNC(=O)[C@H](CCC(=O)O)NC(=O)[C@H](CO)NC(=O)C(CCCc1ccccc1)CC(=O)NO. The van der Waals surface area contributed by atoms with E-state index >= 15 is 0 Å². The number of nitrogens with one attached hydrogen (secondary N) is 9. The van der Waals surface area contributed by atoms with Crippen LogP contribution in [0.25, 0.3) is 0 Å². The number of amides is 10. The lowest BCUT2D eigenvalue weighted by molar-refractivity contribution is -0.139. The summed E-state index contributed by atoms with van der Waals surface area (Å²) in [6.45, 7) is -1.92. The van der Waals surface area contributed by atoms with Crippen LogP contribution in [-0.4, -0.2) is 142 Å². The Morgan fingerprint density at radius 1 is 0.723 bits per heavy atom. The number of fused-ring (bicyclic) bond motifs is 1. The van der Waals surface area contributed by atoms with Gasteiger partial charge in [-0.3, -0.25) is 48.4 Å². The molecule has 0 bridgehead atoms. The van der Waals surface area contributed by atoms with E-state index in [9.17, 15) is 58.2 Å². The van der Waals surface area contributed by atoms with Crippen molar-refractivity contribution in [3.8, 4) is 0 Å². The highest BCUT2D eigenvalue weighted by Gasteiger charge is 2.42. The molecule has 2 aliphatic rings. The third-order valence-electron chi connectivity index (χ3n) is 10.8. The number of rotatable bonds is 31. The van der Waals surface area contributed by atoms with E-state index < -0.39 is 110 Å². The molecule has 2 fully saturated rings. The van der Waals surface area contributed by atoms with E-state index in [1.54, 1.807) is 0 Å². The van der Waals surface area contributed by atoms with Gasteiger partial charge in [0, 0.05) is 42.7 Å². The Morgan fingerprint density at radius 2 is 1.45 bits per heavy atom. The minimum Gasteiger partial charge on any atom is -0.481 e. The molecule has 14 N–H and O–H groups in total. The van der Waals surface area contributed by atoms with Crippen molar-refractivity contribution in [1.29, 1.82) is 0 Å². The first-order valence-electron chi connectivity index (χ1n) is 21.6. The van der Waals surface area contributed by atoms with Crippen LogP contribution in [-0.2, 0) is 49.6 Å². The molecular weight excluding hydrogens is 873 g/mol. The molecule has 2 aliphatic heterocycles. The first-order valence-corrected chi connectivity index (χ1v) is 22.6. The Balaban J connectivity index is 1.37. The molecule has 0 saturated carbocycles. The predicted molar refractivity (Wildman–Crippen MR) is 233 cm³/mol. The standard InChI is InChI=1S/C41H62N10O13S/c42-37(59)26(13-6-7-18-43-31(53)15-5-4-14-30-36-29(23-65-30)49-41(63)50-36)46-34(56)21-44-33(55)20-45-39(61)27(16-17-35(57)58)47-40(62)28(22-52)48-38(60)25(19-32(54)51-64)12-8-11-24-9-2-1-3-10-24/h1-3,9-10,25-30,36,52,64H,4-8,11-23H2,(H2,42,59)(H,43,53)(H,44,55)(H,45,61)(H,46,56)(H,47,62)(H,48,60)(H,51,54)(H,57,58)(H2,49,50,63)/t25?,26-,27-,28-,29-,30-,36-/m0/s1. The monoisotopic (exact) mass is 934 g/mol. The first kappa shape index (κ1) is 53.3. The van der Waals surface area contributed by atoms with Crippen molar-refractivity contribution in [2.75, 3.05) is 32.0 Å². The number of carboxylic acids is 1. The van der Waals surface area contributed by atoms with Gasteiger partial charge in [0.25, 0.3) is 0 Å². The molecule has 7 atom stereocenters. The van der Waals surface area contributed by atoms with Gasteiger partial charge in [0.05, 0.1) is 31.8 Å². The van der Waals surface area contributed by atoms with Gasteiger partial charge in [0.1, 0.15) is 18.1 Å². The van der Waals surface area contributed by atoms with Gasteiger partial charge in [-0.2, -0.15) is 11.8 Å². The molecule has 23 nitrogen and oxygen atoms in total. The van der Waals surface area contributed by atoms with Gasteiger partial charge in [-0.1, -0.05) is 36.8 Å². The second-order valence-electron chi connectivity index (χ2n) is 15.8. The van der Waals surface area contributed by atoms with Crippen LogP contribution >= 0.6 is 11.8 Å². The quantitative estimate of drug-likeness (QED) is 0.0159. The fourth-order valence-corrected chi connectivity index (χ4v) is 8.76. The number of hydrogen-bond acceptors (Lipinski definition) is 13. The van der Waals surface area contributed by atoms with Crippen LogP contribution in [0.1, 0.15) is 82.6 Å². The van der Waals surface area contributed by atoms with E-state index in [-0.39, 0.29) is 36.9 Å². The van der Waals surface area contributed by atoms with Crippen molar-refractivity contribution >= 4 is 71.0 Å². The third kappa shape index (κ3) is 20.1. The highest BCUT2D eigenvalue weighted by Crippen LogP contribution is 2.33. The minimum absolute atomic E-state index is 0.106. The summed E-state index contributed by atoms with van der Waals surface area (Å²) in [5.74, 6) is -7.75. The summed E-state index contributed by atoms with van der Waals surface area (Å²) < 4.78 is 0. The van der Waals surface area contributed by atoms with Gasteiger partial charge in [0.15, 0.2) is 0 Å². The number of urea groups is 1. The molecule has 1 aromatic carbocycles. The second-order valence-corrected chi connectivity index (χ2v) is 17.1. The molecule has 2 saturated heterocycles. The Labute approximate surface area is 380 Å². The maximum absolute atomic E-state index is 13.2. The average Bonchev–Trinajstić information content (AvgIpc) is 3.84. The number of thioether (sulfide) groups is 1. The van der Waals surface area contributed by atoms with Gasteiger partial charge in [0.2, 0.25) is 47.3 Å². The highest BCUT2D eigenvalue weighted by atomic mass is 32.2. The number of carbonyl (C=O) groups excluding carboxylic acids is 9. The van der Waals surface area contributed by atoms with E-state index in [0.29, 0.717) is 50.3 Å². The number of carboxylic acid groups (broad SMARTS) is 1. The van der Waals surface area contributed by atoms with Crippen LogP contribution in [0.5, 0.6) is 0 Å². The van der Waals surface area contributed by atoms with E-state index in [1.807, 2.05) is 42.1 Å². The van der Waals surface area contributed by atoms with Crippen LogP contribution in [0.15, 0.2) is 30.3 Å². The van der Waals surface area contributed by atoms with Gasteiger partial charge in [-0.05, 0) is 63.4 Å². The number of primary amides is 1. The zero-order valence-electron chi connectivity index (χ0n) is 36.1. The molecule has 0 aromatic heterocycles. The smallest absolute Gasteiger partial charge is 0.315 e. The topological polar surface area (TPSA) is 366 Å². The molecule has 24 heteroatoms. The fourth-order valence-electron chi connectivity index (χ4n) is 7.21. The second kappa shape index (κ2) is 28.7. The van der Waals surface area contributed by atoms with Crippen molar-refractivity contribution in [2.24, 2.45) is 11.7 Å². The molecule has 3 rings (SSSR count). The highest BCUT2D eigenvalue weighted by molar-refractivity contribution is 8.00. The molecule has 0 radical (unpaired) electrons. The number of aliphatic hydroxyl groups is 1. The first-order chi connectivity index (χ1) is 31.1. The number of carbonyl (C=O) groups is 10. The fraction of sp³-hybridized carbons (Fsp3) is 0.610. The van der Waals surface area contributed by atoms with Crippen molar-refractivity contribution in [1.82, 2.24) is 48.0 Å². The summed E-state index contributed by atoms with van der Waals surface area (Å²) in [5.41, 5.74) is 7.89. The molecule has 10 amide bonds. The van der Waals surface area contributed by atoms with Crippen LogP contribution < -0.4 is 53.7 Å². The number of aliphatic hydroxyl groups excluding tert-OH is 1. The van der Waals surface area contributed by atoms with Crippen molar-refractivity contribution < 1.29 is 63.4 Å². The summed E-state index contributed by atoms with van der Waals surface area (Å²) >= 11 is 1.82. The maximum atomic E-state index is 13.2. The van der Waals surface area contributed by atoms with Crippen LogP contribution in [0.3, 0.4) is 0 Å². The summed E-state index contributed by atoms with van der Waals surface area (Å²) in [7, 11) is 0. The number of nitrogens with two attached hydrogens (primary N) is 1. The van der Waals surface area contributed by atoms with Gasteiger partial charge in [-0.15, -0.1) is 0 Å². The van der Waals surface area contributed by atoms with E-state index in [1.165, 1.54) is 5.48 Å². The number of unbranched alkanes of at least 4 members (excludes halogenated alkanes) is 2. The average molecular weight is 935 g/mol.